The summed E-state index contributed by atoms with van der Waals surface area (Å²) in [6.07, 6.45) is 7.20. The lowest BCUT2D eigenvalue weighted by Crippen LogP contribution is -2.52. The van der Waals surface area contributed by atoms with E-state index in [1.165, 1.54) is 31.2 Å². The van der Waals surface area contributed by atoms with E-state index in [-0.39, 0.29) is 5.60 Å². The molecule has 2 fully saturated rings. The van der Waals surface area contributed by atoms with Gasteiger partial charge in [0.05, 0.1) is 5.60 Å². The van der Waals surface area contributed by atoms with Gasteiger partial charge in [0.2, 0.25) is 0 Å². The third kappa shape index (κ3) is 2.48. The zero-order chi connectivity index (χ0) is 12.4. The minimum Gasteiger partial charge on any atom is -0.375 e. The van der Waals surface area contributed by atoms with Crippen LogP contribution in [0, 0.1) is 5.92 Å². The van der Waals surface area contributed by atoms with Crippen molar-refractivity contribution in [2.75, 3.05) is 6.61 Å². The van der Waals surface area contributed by atoms with Crippen LogP contribution in [0.1, 0.15) is 37.7 Å². The van der Waals surface area contributed by atoms with Gasteiger partial charge in [0, 0.05) is 12.6 Å². The van der Waals surface area contributed by atoms with Crippen LogP contribution in [0.15, 0.2) is 16.8 Å². The summed E-state index contributed by atoms with van der Waals surface area (Å²) in [6, 6.07) is 2.59. The number of hydrogen-bond donors (Lipinski definition) is 2. The van der Waals surface area contributed by atoms with Gasteiger partial charge in [-0.25, -0.2) is 0 Å². The van der Waals surface area contributed by atoms with Crippen LogP contribution in [0.2, 0.25) is 0 Å². The van der Waals surface area contributed by atoms with Gasteiger partial charge >= 0.3 is 0 Å². The number of hydrogen-bond acceptors (Lipinski definition) is 4. The van der Waals surface area contributed by atoms with Crippen LogP contribution >= 0.6 is 11.3 Å². The molecule has 1 saturated carbocycles. The molecular formula is C14H22N2OS. The third-order valence-corrected chi connectivity index (χ3v) is 5.35. The number of thiophene rings is 1. The summed E-state index contributed by atoms with van der Waals surface area (Å²) < 4.78 is 5.99. The molecule has 2 aliphatic rings. The maximum Gasteiger partial charge on any atom is 0.0685 e. The Balaban J connectivity index is 1.63. The Hall–Kier alpha value is -0.420. The topological polar surface area (TPSA) is 47.3 Å². The lowest BCUT2D eigenvalue weighted by Gasteiger charge is -2.48. The summed E-state index contributed by atoms with van der Waals surface area (Å²) in [4.78, 5) is 0. The molecule has 1 saturated heterocycles. The molecular weight excluding hydrogens is 244 g/mol. The van der Waals surface area contributed by atoms with Crippen molar-refractivity contribution in [2.24, 2.45) is 11.8 Å². The van der Waals surface area contributed by atoms with Crippen LogP contribution in [0.5, 0.6) is 0 Å². The standard InChI is InChI=1S/C14H22N2OS/c15-16-13(8-11-3-7-18-10-11)12-2-6-17-14(9-12)4-1-5-14/h3,7,10,12-13,16H,1-2,4-6,8-9,15H2. The summed E-state index contributed by atoms with van der Waals surface area (Å²) in [7, 11) is 0. The average Bonchev–Trinajstić information content (AvgIpc) is 2.87. The van der Waals surface area contributed by atoms with Gasteiger partial charge in [0.15, 0.2) is 0 Å². The van der Waals surface area contributed by atoms with Crippen molar-refractivity contribution in [1.82, 2.24) is 5.43 Å². The van der Waals surface area contributed by atoms with Gasteiger partial charge in [-0.3, -0.25) is 11.3 Å². The van der Waals surface area contributed by atoms with Crippen LogP contribution < -0.4 is 11.3 Å². The predicted octanol–water partition coefficient (Wildman–Crippen LogP) is 2.47. The lowest BCUT2D eigenvalue weighted by molar-refractivity contribution is -0.147. The monoisotopic (exact) mass is 266 g/mol. The van der Waals surface area contributed by atoms with E-state index in [4.69, 9.17) is 10.6 Å². The molecule has 1 aliphatic heterocycles. The van der Waals surface area contributed by atoms with Crippen molar-refractivity contribution < 1.29 is 4.74 Å². The van der Waals surface area contributed by atoms with E-state index in [0.717, 1.165) is 19.4 Å². The van der Waals surface area contributed by atoms with Crippen LogP contribution in [0.3, 0.4) is 0 Å². The van der Waals surface area contributed by atoms with E-state index in [1.807, 2.05) is 0 Å². The predicted molar refractivity (Wildman–Crippen MR) is 74.4 cm³/mol. The van der Waals surface area contributed by atoms with Crippen LogP contribution in [0.25, 0.3) is 0 Å². The highest BCUT2D eigenvalue weighted by Gasteiger charge is 2.44. The smallest absolute Gasteiger partial charge is 0.0685 e. The fourth-order valence-electron chi connectivity index (χ4n) is 3.35. The van der Waals surface area contributed by atoms with Crippen LogP contribution in [-0.2, 0) is 11.2 Å². The van der Waals surface area contributed by atoms with Gasteiger partial charge in [0.1, 0.15) is 0 Å². The molecule has 3 nitrogen and oxygen atoms in total. The molecule has 100 valence electrons. The molecule has 1 aliphatic carbocycles. The molecule has 3 N–H and O–H groups in total. The van der Waals surface area contributed by atoms with Crippen LogP contribution in [-0.4, -0.2) is 18.2 Å². The Morgan fingerprint density at radius 3 is 3.06 bits per heavy atom. The summed E-state index contributed by atoms with van der Waals surface area (Å²) in [6.45, 7) is 0.909. The molecule has 2 unspecified atom stereocenters. The fourth-order valence-corrected chi connectivity index (χ4v) is 4.03. The second-order valence-electron chi connectivity index (χ2n) is 5.75. The van der Waals surface area contributed by atoms with Gasteiger partial charge in [-0.05, 0) is 66.8 Å². The third-order valence-electron chi connectivity index (χ3n) is 4.61. The molecule has 0 aromatic carbocycles. The first-order valence-corrected chi connectivity index (χ1v) is 7.87. The van der Waals surface area contributed by atoms with Crippen molar-refractivity contribution in [2.45, 2.75) is 50.2 Å². The number of nitrogens with two attached hydrogens (primary N) is 1. The largest absolute Gasteiger partial charge is 0.375 e. The molecule has 18 heavy (non-hydrogen) atoms. The van der Waals surface area contributed by atoms with E-state index in [9.17, 15) is 0 Å². The Kier molecular flexibility index (Phi) is 3.71. The van der Waals surface area contributed by atoms with Crippen molar-refractivity contribution in [3.63, 3.8) is 0 Å². The Morgan fingerprint density at radius 2 is 2.44 bits per heavy atom. The maximum atomic E-state index is 5.99. The first kappa shape index (κ1) is 12.6. The summed E-state index contributed by atoms with van der Waals surface area (Å²) in [5, 5.41) is 4.36. The van der Waals surface area contributed by atoms with E-state index >= 15 is 0 Å². The Morgan fingerprint density at radius 1 is 1.56 bits per heavy atom. The van der Waals surface area contributed by atoms with E-state index in [0.29, 0.717) is 12.0 Å². The summed E-state index contributed by atoms with van der Waals surface area (Å²) in [5.74, 6) is 6.44. The summed E-state index contributed by atoms with van der Waals surface area (Å²) in [5.41, 5.74) is 4.66. The van der Waals surface area contributed by atoms with Crippen LogP contribution in [0.4, 0.5) is 0 Å². The van der Waals surface area contributed by atoms with E-state index < -0.39 is 0 Å². The normalized spacial score (nSPS) is 27.9. The first-order valence-electron chi connectivity index (χ1n) is 6.92. The maximum absolute atomic E-state index is 5.99. The Bertz CT molecular complexity index is 375. The van der Waals surface area contributed by atoms with Crippen molar-refractivity contribution in [3.8, 4) is 0 Å². The van der Waals surface area contributed by atoms with Gasteiger partial charge in [0.25, 0.3) is 0 Å². The number of ether oxygens (including phenoxy) is 1. The van der Waals surface area contributed by atoms with Gasteiger partial charge < -0.3 is 4.74 Å². The van der Waals surface area contributed by atoms with Crippen molar-refractivity contribution >= 4 is 11.3 Å². The second-order valence-corrected chi connectivity index (χ2v) is 6.53. The number of hydrazine groups is 1. The zero-order valence-corrected chi connectivity index (χ0v) is 11.5. The van der Waals surface area contributed by atoms with Gasteiger partial charge in [-0.1, -0.05) is 0 Å². The first-order chi connectivity index (χ1) is 8.81. The molecule has 1 aromatic rings. The van der Waals surface area contributed by atoms with Crippen molar-refractivity contribution in [1.29, 1.82) is 0 Å². The average molecular weight is 266 g/mol. The second kappa shape index (κ2) is 5.29. The number of rotatable bonds is 4. The SMILES string of the molecule is NNC(Cc1ccsc1)C1CCOC2(CCC2)C1. The zero-order valence-electron chi connectivity index (χ0n) is 10.7. The quantitative estimate of drug-likeness (QED) is 0.650. The lowest BCUT2D eigenvalue weighted by atomic mass is 9.70. The molecule has 2 heterocycles. The molecule has 3 rings (SSSR count). The van der Waals surface area contributed by atoms with E-state index in [2.05, 4.69) is 22.3 Å². The van der Waals surface area contributed by atoms with Crippen molar-refractivity contribution in [3.05, 3.63) is 22.4 Å². The van der Waals surface area contributed by atoms with Gasteiger partial charge in [-0.15, -0.1) is 0 Å². The Labute approximate surface area is 113 Å². The highest BCUT2D eigenvalue weighted by Crippen LogP contribution is 2.45. The molecule has 2 atom stereocenters. The highest BCUT2D eigenvalue weighted by atomic mass is 32.1. The molecule has 0 bridgehead atoms. The number of nitrogens with one attached hydrogen (secondary N) is 1. The minimum atomic E-state index is 0.215. The molecule has 0 amide bonds. The molecule has 0 radical (unpaired) electrons. The minimum absolute atomic E-state index is 0.215. The molecule has 4 heteroatoms. The summed E-state index contributed by atoms with van der Waals surface area (Å²) >= 11 is 1.76. The molecule has 1 aromatic heterocycles. The van der Waals surface area contributed by atoms with Gasteiger partial charge in [-0.2, -0.15) is 11.3 Å². The molecule has 1 spiro atoms. The van der Waals surface area contributed by atoms with E-state index in [1.54, 1.807) is 11.3 Å². The highest BCUT2D eigenvalue weighted by molar-refractivity contribution is 7.07. The fraction of sp³-hybridized carbons (Fsp3) is 0.714.